The monoisotopic (exact) mass is 438 g/mol. The minimum atomic E-state index is -0.738. The summed E-state index contributed by atoms with van der Waals surface area (Å²) >= 11 is 0. The zero-order chi connectivity index (χ0) is 23.3. The molecule has 0 aliphatic rings. The zero-order valence-electron chi connectivity index (χ0n) is 18.6. The molecule has 0 aliphatic heterocycles. The Labute approximate surface area is 186 Å². The third-order valence-electron chi connectivity index (χ3n) is 5.11. The minimum Gasteiger partial charge on any atom is -0.497 e. The van der Waals surface area contributed by atoms with Gasteiger partial charge in [-0.1, -0.05) is 6.07 Å². The number of hydrogen-bond donors (Lipinski definition) is 1. The SMILES string of the molecule is CCN(CC)C(=O)c1cccc(NC(=O)COC(=O)c2oc3ccc(OC)cc3c2C)c1. The van der Waals surface area contributed by atoms with Gasteiger partial charge in [-0.15, -0.1) is 0 Å². The molecule has 8 nitrogen and oxygen atoms in total. The predicted molar refractivity (Wildman–Crippen MR) is 120 cm³/mol. The summed E-state index contributed by atoms with van der Waals surface area (Å²) in [5.41, 5.74) is 2.04. The number of methoxy groups -OCH3 is 1. The van der Waals surface area contributed by atoms with Crippen LogP contribution in [-0.2, 0) is 9.53 Å². The predicted octanol–water partition coefficient (Wildman–Crippen LogP) is 4.03. The summed E-state index contributed by atoms with van der Waals surface area (Å²) < 4.78 is 15.9. The van der Waals surface area contributed by atoms with Gasteiger partial charge in [-0.2, -0.15) is 0 Å². The van der Waals surface area contributed by atoms with Crippen molar-refractivity contribution in [2.24, 2.45) is 0 Å². The van der Waals surface area contributed by atoms with E-state index in [2.05, 4.69) is 5.32 Å². The molecule has 0 fully saturated rings. The molecule has 3 aromatic rings. The first-order valence-corrected chi connectivity index (χ1v) is 10.3. The van der Waals surface area contributed by atoms with E-state index in [0.717, 1.165) is 5.39 Å². The highest BCUT2D eigenvalue weighted by molar-refractivity contribution is 5.99. The molecule has 0 bridgehead atoms. The Morgan fingerprint density at radius 2 is 1.81 bits per heavy atom. The molecule has 3 rings (SSSR count). The van der Waals surface area contributed by atoms with Crippen LogP contribution in [-0.4, -0.2) is 49.5 Å². The van der Waals surface area contributed by atoms with Crippen molar-refractivity contribution in [2.45, 2.75) is 20.8 Å². The van der Waals surface area contributed by atoms with Gasteiger partial charge in [0.25, 0.3) is 11.8 Å². The van der Waals surface area contributed by atoms with Gasteiger partial charge >= 0.3 is 5.97 Å². The van der Waals surface area contributed by atoms with Crippen LogP contribution < -0.4 is 10.1 Å². The van der Waals surface area contributed by atoms with Gasteiger partial charge < -0.3 is 24.1 Å². The molecule has 1 aromatic heterocycles. The molecule has 2 aromatic carbocycles. The van der Waals surface area contributed by atoms with E-state index in [9.17, 15) is 14.4 Å². The lowest BCUT2D eigenvalue weighted by Crippen LogP contribution is -2.30. The fourth-order valence-electron chi connectivity index (χ4n) is 3.34. The Morgan fingerprint density at radius 1 is 1.06 bits per heavy atom. The third kappa shape index (κ3) is 4.91. The van der Waals surface area contributed by atoms with Crippen molar-refractivity contribution in [3.05, 3.63) is 59.4 Å². The van der Waals surface area contributed by atoms with Gasteiger partial charge in [0.2, 0.25) is 5.76 Å². The van der Waals surface area contributed by atoms with Crippen LogP contribution in [0.5, 0.6) is 5.75 Å². The molecule has 0 radical (unpaired) electrons. The van der Waals surface area contributed by atoms with E-state index in [4.69, 9.17) is 13.9 Å². The van der Waals surface area contributed by atoms with E-state index >= 15 is 0 Å². The summed E-state index contributed by atoms with van der Waals surface area (Å²) in [6, 6.07) is 11.8. The van der Waals surface area contributed by atoms with Gasteiger partial charge in [-0.05, 0) is 57.2 Å². The molecule has 8 heteroatoms. The van der Waals surface area contributed by atoms with E-state index in [0.29, 0.717) is 41.2 Å². The molecule has 0 spiro atoms. The van der Waals surface area contributed by atoms with Crippen molar-refractivity contribution in [3.8, 4) is 5.75 Å². The standard InChI is InChI=1S/C24H26N2O6/c1-5-26(6-2)23(28)16-8-7-9-17(12-16)25-21(27)14-31-24(29)22-15(3)19-13-18(30-4)10-11-20(19)32-22/h7-13H,5-6,14H2,1-4H3,(H,25,27). The number of hydrogen-bond acceptors (Lipinski definition) is 6. The van der Waals surface area contributed by atoms with Crippen molar-refractivity contribution in [2.75, 3.05) is 32.1 Å². The lowest BCUT2D eigenvalue weighted by molar-refractivity contribution is -0.119. The Kier molecular flexibility index (Phi) is 7.14. The topological polar surface area (TPSA) is 98.1 Å². The van der Waals surface area contributed by atoms with Crippen LogP contribution in [0.4, 0.5) is 5.69 Å². The maximum Gasteiger partial charge on any atom is 0.375 e. The minimum absolute atomic E-state index is 0.0351. The number of furan rings is 1. The lowest BCUT2D eigenvalue weighted by Gasteiger charge is -2.19. The molecule has 168 valence electrons. The van der Waals surface area contributed by atoms with Crippen LogP contribution in [0.25, 0.3) is 11.0 Å². The average Bonchev–Trinajstić information content (AvgIpc) is 3.14. The maximum absolute atomic E-state index is 12.5. The van der Waals surface area contributed by atoms with Crippen LogP contribution in [0.3, 0.4) is 0 Å². The highest BCUT2D eigenvalue weighted by Crippen LogP contribution is 2.29. The van der Waals surface area contributed by atoms with Crippen LogP contribution in [0.2, 0.25) is 0 Å². The van der Waals surface area contributed by atoms with Gasteiger partial charge in [0.15, 0.2) is 6.61 Å². The Morgan fingerprint density at radius 3 is 2.50 bits per heavy atom. The van der Waals surface area contributed by atoms with Crippen LogP contribution in [0.15, 0.2) is 46.9 Å². The van der Waals surface area contributed by atoms with Crippen LogP contribution in [0.1, 0.15) is 40.3 Å². The highest BCUT2D eigenvalue weighted by Gasteiger charge is 2.21. The maximum atomic E-state index is 12.5. The highest BCUT2D eigenvalue weighted by atomic mass is 16.5. The normalized spacial score (nSPS) is 10.6. The number of carbonyl (C=O) groups is 3. The van der Waals surface area contributed by atoms with Gasteiger partial charge in [-0.25, -0.2) is 4.79 Å². The largest absolute Gasteiger partial charge is 0.497 e. The second-order valence-electron chi connectivity index (χ2n) is 7.10. The molecule has 0 atom stereocenters. The van der Waals surface area contributed by atoms with E-state index in [1.54, 1.807) is 61.4 Å². The number of ether oxygens (including phenoxy) is 2. The van der Waals surface area contributed by atoms with Gasteiger partial charge in [0.05, 0.1) is 7.11 Å². The molecule has 2 amide bonds. The van der Waals surface area contributed by atoms with Crippen LogP contribution in [0, 0.1) is 6.92 Å². The Hall–Kier alpha value is -3.81. The first kappa shape index (κ1) is 22.9. The molecule has 0 aliphatic carbocycles. The van der Waals surface area contributed by atoms with E-state index in [-0.39, 0.29) is 11.7 Å². The van der Waals surface area contributed by atoms with Crippen molar-refractivity contribution in [1.82, 2.24) is 4.90 Å². The van der Waals surface area contributed by atoms with Crippen molar-refractivity contribution in [3.63, 3.8) is 0 Å². The molecule has 1 heterocycles. The number of benzene rings is 2. The number of carbonyl (C=O) groups excluding carboxylic acids is 3. The van der Waals surface area contributed by atoms with E-state index in [1.807, 2.05) is 13.8 Å². The number of amides is 2. The second kappa shape index (κ2) is 10.00. The van der Waals surface area contributed by atoms with Crippen molar-refractivity contribution in [1.29, 1.82) is 0 Å². The number of aryl methyl sites for hydroxylation is 1. The van der Waals surface area contributed by atoms with Gasteiger partial charge in [-0.3, -0.25) is 9.59 Å². The number of nitrogens with one attached hydrogen (secondary N) is 1. The fraction of sp³-hybridized carbons (Fsp3) is 0.292. The molecular formula is C24H26N2O6. The Balaban J connectivity index is 1.63. The molecular weight excluding hydrogens is 412 g/mol. The number of anilines is 1. The number of fused-ring (bicyclic) bond motifs is 1. The summed E-state index contributed by atoms with van der Waals surface area (Å²) in [5.74, 6) is -0.704. The van der Waals surface area contributed by atoms with Gasteiger partial charge in [0.1, 0.15) is 11.3 Å². The average molecular weight is 438 g/mol. The first-order valence-electron chi connectivity index (χ1n) is 10.3. The molecule has 0 saturated heterocycles. The smallest absolute Gasteiger partial charge is 0.375 e. The summed E-state index contributed by atoms with van der Waals surface area (Å²) in [4.78, 5) is 38.9. The molecule has 1 N–H and O–H groups in total. The van der Waals surface area contributed by atoms with E-state index < -0.39 is 18.5 Å². The fourth-order valence-corrected chi connectivity index (χ4v) is 3.34. The lowest BCUT2D eigenvalue weighted by atomic mass is 10.1. The number of nitrogens with zero attached hydrogens (tertiary/aromatic N) is 1. The summed E-state index contributed by atoms with van der Waals surface area (Å²) in [7, 11) is 1.56. The molecule has 0 saturated carbocycles. The van der Waals surface area contributed by atoms with Crippen molar-refractivity contribution < 1.29 is 28.3 Å². The number of esters is 1. The van der Waals surface area contributed by atoms with Crippen molar-refractivity contribution >= 4 is 34.4 Å². The van der Waals surface area contributed by atoms with Crippen LogP contribution >= 0.6 is 0 Å². The van der Waals surface area contributed by atoms with Gasteiger partial charge in [0, 0.05) is 35.3 Å². The zero-order valence-corrected chi connectivity index (χ0v) is 18.6. The molecule has 0 unspecified atom stereocenters. The summed E-state index contributed by atoms with van der Waals surface area (Å²) in [6.07, 6.45) is 0. The quantitative estimate of drug-likeness (QED) is 0.533. The number of rotatable bonds is 8. The third-order valence-corrected chi connectivity index (χ3v) is 5.11. The summed E-state index contributed by atoms with van der Waals surface area (Å²) in [6.45, 7) is 6.24. The van der Waals surface area contributed by atoms with E-state index in [1.165, 1.54) is 0 Å². The summed E-state index contributed by atoms with van der Waals surface area (Å²) in [5, 5.41) is 3.37. The first-order chi connectivity index (χ1) is 15.4. The second-order valence-corrected chi connectivity index (χ2v) is 7.10. The Bertz CT molecular complexity index is 1150. The molecule has 32 heavy (non-hydrogen) atoms.